The number of hydrogen-bond acceptors (Lipinski definition) is 5. The third kappa shape index (κ3) is 3.31. The predicted octanol–water partition coefficient (Wildman–Crippen LogP) is -3.24. The van der Waals surface area contributed by atoms with E-state index < -0.39 is 30.2 Å². The molecule has 0 unspecified atom stereocenters. The quantitative estimate of drug-likeness (QED) is 0.229. The monoisotopic (exact) mass is 259 g/mol. The van der Waals surface area contributed by atoms with Gasteiger partial charge >= 0.3 is 5.97 Å². The molecule has 1 saturated heterocycles. The molecule has 1 aliphatic heterocycles. The van der Waals surface area contributed by atoms with Gasteiger partial charge in [-0.2, -0.15) is 0 Å². The van der Waals surface area contributed by atoms with E-state index in [1.165, 1.54) is 6.92 Å². The van der Waals surface area contributed by atoms with Gasteiger partial charge in [0.1, 0.15) is 12.3 Å². The van der Waals surface area contributed by atoms with Gasteiger partial charge in [-0.05, 0) is 0 Å². The van der Waals surface area contributed by atoms with Crippen LogP contribution in [-0.4, -0.2) is 52.9 Å². The first kappa shape index (κ1) is 14.2. The third-order valence-electron chi connectivity index (χ3n) is 2.64. The molecule has 0 bridgehead atoms. The van der Waals surface area contributed by atoms with E-state index in [0.29, 0.717) is 0 Å². The number of aliphatic carboxylic acids is 1. The molecule has 8 N–H and O–H groups in total. The molecule has 1 fully saturated rings. The van der Waals surface area contributed by atoms with Gasteiger partial charge in [0.2, 0.25) is 5.91 Å². The van der Waals surface area contributed by atoms with Crippen molar-refractivity contribution >= 4 is 17.8 Å². The minimum absolute atomic E-state index is 0.0405. The topological polar surface area (TPSA) is 163 Å². The summed E-state index contributed by atoms with van der Waals surface area (Å²) in [7, 11) is 0. The molecule has 9 nitrogen and oxygen atoms in total. The molecular formula is C9H17N5O4. The fourth-order valence-electron chi connectivity index (χ4n) is 1.86. The summed E-state index contributed by atoms with van der Waals surface area (Å²) in [5, 5.41) is 24.2. The number of carboxylic acid groups (broad SMARTS) is 1. The SMILES string of the molecule is CC(=O)N[C@H]1NC[C@@H](C(=O)O)[C@H](N=C(N)N)[C@@H]1O. The molecule has 1 heterocycles. The summed E-state index contributed by atoms with van der Waals surface area (Å²) in [5.41, 5.74) is 10.4. The summed E-state index contributed by atoms with van der Waals surface area (Å²) < 4.78 is 0. The lowest BCUT2D eigenvalue weighted by molar-refractivity contribution is -0.145. The maximum Gasteiger partial charge on any atom is 0.310 e. The summed E-state index contributed by atoms with van der Waals surface area (Å²) in [6.07, 6.45) is -2.02. The Labute approximate surface area is 103 Å². The standard InChI is InChI=1S/C9H17N5O4/c1-3(15)13-7-6(16)5(14-9(10)11)4(2-12-7)8(17)18/h4-7,12,16H,2H2,1H3,(H,13,15)(H,17,18)(H4,10,11,14)/t4-,5+,6+,7-/m1/s1. The fourth-order valence-corrected chi connectivity index (χ4v) is 1.86. The lowest BCUT2D eigenvalue weighted by Crippen LogP contribution is -2.64. The van der Waals surface area contributed by atoms with Crippen molar-refractivity contribution in [3.05, 3.63) is 0 Å². The van der Waals surface area contributed by atoms with Crippen molar-refractivity contribution in [1.29, 1.82) is 0 Å². The van der Waals surface area contributed by atoms with Gasteiger partial charge in [-0.1, -0.05) is 0 Å². The summed E-state index contributed by atoms with van der Waals surface area (Å²) >= 11 is 0. The van der Waals surface area contributed by atoms with Crippen LogP contribution >= 0.6 is 0 Å². The summed E-state index contributed by atoms with van der Waals surface area (Å²) in [6, 6.07) is -1.01. The molecule has 1 amide bonds. The average Bonchev–Trinajstić information content (AvgIpc) is 2.22. The highest BCUT2D eigenvalue weighted by Gasteiger charge is 2.42. The Morgan fingerprint density at radius 2 is 2.06 bits per heavy atom. The van der Waals surface area contributed by atoms with Gasteiger partial charge in [0, 0.05) is 13.5 Å². The number of nitrogens with two attached hydrogens (primary N) is 2. The van der Waals surface area contributed by atoms with E-state index in [1.54, 1.807) is 0 Å². The normalized spacial score (nSPS) is 31.4. The van der Waals surface area contributed by atoms with Gasteiger partial charge in [0.05, 0.1) is 12.0 Å². The second kappa shape index (κ2) is 5.65. The molecule has 102 valence electrons. The summed E-state index contributed by atoms with van der Waals surface area (Å²) in [4.78, 5) is 25.7. The number of nitrogens with zero attached hydrogens (tertiary/aromatic N) is 1. The Balaban J connectivity index is 2.90. The van der Waals surface area contributed by atoms with Crippen LogP contribution in [0.25, 0.3) is 0 Å². The van der Waals surface area contributed by atoms with Crippen molar-refractivity contribution in [1.82, 2.24) is 10.6 Å². The lowest BCUT2D eigenvalue weighted by atomic mass is 9.89. The van der Waals surface area contributed by atoms with E-state index in [-0.39, 0.29) is 18.4 Å². The molecule has 0 aromatic rings. The zero-order valence-corrected chi connectivity index (χ0v) is 9.83. The molecule has 1 rings (SSSR count). The maximum absolute atomic E-state index is 11.0. The van der Waals surface area contributed by atoms with Crippen molar-refractivity contribution in [3.63, 3.8) is 0 Å². The van der Waals surface area contributed by atoms with Crippen LogP contribution in [0.3, 0.4) is 0 Å². The number of nitrogens with one attached hydrogen (secondary N) is 2. The first-order chi connectivity index (χ1) is 8.32. The second-order valence-electron chi connectivity index (χ2n) is 4.07. The number of rotatable bonds is 3. The van der Waals surface area contributed by atoms with Crippen LogP contribution < -0.4 is 22.1 Å². The number of aliphatic hydroxyl groups excluding tert-OH is 1. The van der Waals surface area contributed by atoms with Crippen LogP contribution in [-0.2, 0) is 9.59 Å². The Hall–Kier alpha value is -1.87. The number of hydrogen-bond donors (Lipinski definition) is 6. The van der Waals surface area contributed by atoms with Crippen LogP contribution in [0.2, 0.25) is 0 Å². The first-order valence-corrected chi connectivity index (χ1v) is 5.33. The molecule has 0 aliphatic carbocycles. The highest BCUT2D eigenvalue weighted by atomic mass is 16.4. The number of amides is 1. The van der Waals surface area contributed by atoms with Crippen molar-refractivity contribution < 1.29 is 19.8 Å². The minimum atomic E-state index is -1.23. The van der Waals surface area contributed by atoms with E-state index in [2.05, 4.69) is 15.6 Å². The predicted molar refractivity (Wildman–Crippen MR) is 62.3 cm³/mol. The molecule has 1 aliphatic rings. The lowest BCUT2D eigenvalue weighted by Gasteiger charge is -2.37. The second-order valence-corrected chi connectivity index (χ2v) is 4.07. The van der Waals surface area contributed by atoms with E-state index in [1.807, 2.05) is 0 Å². The van der Waals surface area contributed by atoms with E-state index in [0.717, 1.165) is 0 Å². The maximum atomic E-state index is 11.0. The Kier molecular flexibility index (Phi) is 4.45. The van der Waals surface area contributed by atoms with Gasteiger partial charge in [-0.3, -0.25) is 14.9 Å². The Bertz CT molecular complexity index is 368. The van der Waals surface area contributed by atoms with E-state index >= 15 is 0 Å². The Morgan fingerprint density at radius 1 is 1.44 bits per heavy atom. The molecule has 4 atom stereocenters. The summed E-state index contributed by atoms with van der Waals surface area (Å²) in [5.74, 6) is -2.76. The molecule has 0 radical (unpaired) electrons. The smallest absolute Gasteiger partial charge is 0.310 e. The van der Waals surface area contributed by atoms with Crippen LogP contribution in [0.1, 0.15) is 6.92 Å². The number of aliphatic imine (C=N–C) groups is 1. The molecule has 0 spiro atoms. The zero-order chi connectivity index (χ0) is 13.9. The van der Waals surface area contributed by atoms with Crippen molar-refractivity contribution in [2.75, 3.05) is 6.54 Å². The van der Waals surface area contributed by atoms with Gasteiger partial charge in [-0.15, -0.1) is 0 Å². The van der Waals surface area contributed by atoms with Gasteiger partial charge < -0.3 is 27.0 Å². The van der Waals surface area contributed by atoms with Gasteiger partial charge in [0.15, 0.2) is 5.96 Å². The van der Waals surface area contributed by atoms with E-state index in [9.17, 15) is 14.7 Å². The number of carbonyl (C=O) groups is 2. The zero-order valence-electron chi connectivity index (χ0n) is 9.83. The molecule has 0 aromatic heterocycles. The Morgan fingerprint density at radius 3 is 2.50 bits per heavy atom. The number of piperidine rings is 1. The van der Waals surface area contributed by atoms with Crippen LogP contribution in [0.4, 0.5) is 0 Å². The van der Waals surface area contributed by atoms with Crippen molar-refractivity contribution in [2.45, 2.75) is 25.2 Å². The average molecular weight is 259 g/mol. The molecular weight excluding hydrogens is 242 g/mol. The van der Waals surface area contributed by atoms with Gasteiger partial charge in [0.25, 0.3) is 0 Å². The van der Waals surface area contributed by atoms with Crippen molar-refractivity contribution in [3.8, 4) is 0 Å². The van der Waals surface area contributed by atoms with Crippen molar-refractivity contribution in [2.24, 2.45) is 22.4 Å². The highest BCUT2D eigenvalue weighted by molar-refractivity contribution is 5.78. The van der Waals surface area contributed by atoms with Gasteiger partial charge in [-0.25, -0.2) is 4.99 Å². The molecule has 0 aromatic carbocycles. The highest BCUT2D eigenvalue weighted by Crippen LogP contribution is 2.19. The largest absolute Gasteiger partial charge is 0.481 e. The van der Waals surface area contributed by atoms with Crippen LogP contribution in [0.5, 0.6) is 0 Å². The molecule has 18 heavy (non-hydrogen) atoms. The fraction of sp³-hybridized carbons (Fsp3) is 0.667. The van der Waals surface area contributed by atoms with Crippen LogP contribution in [0, 0.1) is 5.92 Å². The molecule has 0 saturated carbocycles. The first-order valence-electron chi connectivity index (χ1n) is 5.33. The third-order valence-corrected chi connectivity index (χ3v) is 2.64. The van der Waals surface area contributed by atoms with E-state index in [4.69, 9.17) is 16.6 Å². The minimum Gasteiger partial charge on any atom is -0.481 e. The molecule has 9 heteroatoms. The number of guanidine groups is 1. The number of aliphatic hydroxyl groups is 1. The summed E-state index contributed by atoms with van der Waals surface area (Å²) in [6.45, 7) is 1.33. The number of carboxylic acids is 1. The number of carbonyl (C=O) groups excluding carboxylic acids is 1. The van der Waals surface area contributed by atoms with Crippen LogP contribution in [0.15, 0.2) is 4.99 Å².